The molecule has 3 N–H and O–H groups in total. The normalized spacial score (nSPS) is 10.5. The monoisotopic (exact) mass is 324 g/mol. The largest absolute Gasteiger partial charge is 0.340 e. The van der Waals surface area contributed by atoms with Crippen molar-refractivity contribution in [3.8, 4) is 0 Å². The first-order valence-corrected chi connectivity index (χ1v) is 7.42. The lowest BCUT2D eigenvalue weighted by Gasteiger charge is -2.07. The Labute approximate surface area is 137 Å². The Morgan fingerprint density at radius 1 is 1.08 bits per heavy atom. The molecule has 0 aliphatic carbocycles. The van der Waals surface area contributed by atoms with Crippen molar-refractivity contribution >= 4 is 28.7 Å². The van der Waals surface area contributed by atoms with Crippen LogP contribution in [0.5, 0.6) is 0 Å². The first kappa shape index (κ1) is 15.6. The summed E-state index contributed by atoms with van der Waals surface area (Å²) in [6, 6.07) is 7.28. The van der Waals surface area contributed by atoms with Crippen LogP contribution < -0.4 is 10.9 Å². The molecule has 122 valence electrons. The van der Waals surface area contributed by atoms with E-state index in [0.717, 1.165) is 5.56 Å². The van der Waals surface area contributed by atoms with Crippen molar-refractivity contribution < 1.29 is 9.59 Å². The average Bonchev–Trinajstić information content (AvgIpc) is 3.07. The number of rotatable bonds is 6. The smallest absolute Gasteiger partial charge is 0.238 e. The van der Waals surface area contributed by atoms with E-state index in [1.54, 1.807) is 12.1 Å². The lowest BCUT2D eigenvalue weighted by atomic mass is 10.1. The number of fused-ring (bicyclic) bond motifs is 1. The molecule has 1 amide bonds. The van der Waals surface area contributed by atoms with Gasteiger partial charge in [-0.2, -0.15) is 0 Å². The van der Waals surface area contributed by atoms with E-state index in [1.165, 1.54) is 12.7 Å². The van der Waals surface area contributed by atoms with Gasteiger partial charge in [0, 0.05) is 18.4 Å². The number of aryl methyl sites for hydroxylation is 1. The van der Waals surface area contributed by atoms with E-state index >= 15 is 0 Å². The second-order valence-corrected chi connectivity index (χ2v) is 5.29. The molecule has 1 aromatic carbocycles. The van der Waals surface area contributed by atoms with Gasteiger partial charge in [-0.3, -0.25) is 20.4 Å². The van der Waals surface area contributed by atoms with Crippen molar-refractivity contribution in [2.75, 3.05) is 5.43 Å². The molecule has 0 aliphatic rings. The van der Waals surface area contributed by atoms with Crippen LogP contribution in [0.15, 0.2) is 36.9 Å². The highest BCUT2D eigenvalue weighted by Crippen LogP contribution is 2.13. The number of benzene rings is 1. The number of hydrazine groups is 1. The molecule has 0 spiro atoms. The van der Waals surface area contributed by atoms with Crippen LogP contribution in [0.25, 0.3) is 11.2 Å². The molecule has 0 saturated carbocycles. The molecule has 0 bridgehead atoms. The van der Waals surface area contributed by atoms with Gasteiger partial charge in [-0.25, -0.2) is 15.0 Å². The van der Waals surface area contributed by atoms with Gasteiger partial charge in [0.1, 0.15) is 11.8 Å². The molecule has 0 radical (unpaired) electrons. The molecule has 0 aliphatic heterocycles. The molecule has 2 aromatic heterocycles. The second kappa shape index (κ2) is 6.86. The molecule has 0 atom stereocenters. The number of Topliss-reactive ketones (excluding diaryl/α,β-unsaturated/α-hetero) is 1. The molecule has 3 aromatic rings. The van der Waals surface area contributed by atoms with Crippen LogP contribution >= 0.6 is 0 Å². The fourth-order valence-corrected chi connectivity index (χ4v) is 2.16. The van der Waals surface area contributed by atoms with Gasteiger partial charge in [0.15, 0.2) is 17.2 Å². The maximum absolute atomic E-state index is 12.0. The Morgan fingerprint density at radius 2 is 1.88 bits per heavy atom. The fourth-order valence-electron chi connectivity index (χ4n) is 2.16. The highest BCUT2D eigenvalue weighted by molar-refractivity contribution is 5.98. The van der Waals surface area contributed by atoms with E-state index < -0.39 is 0 Å². The highest BCUT2D eigenvalue weighted by Gasteiger charge is 2.10. The minimum atomic E-state index is -0.304. The molecular weight excluding hydrogens is 308 g/mol. The Balaban J connectivity index is 1.52. The Bertz CT molecular complexity index is 872. The molecule has 0 unspecified atom stereocenters. The van der Waals surface area contributed by atoms with Crippen LogP contribution in [0.4, 0.5) is 5.82 Å². The van der Waals surface area contributed by atoms with E-state index in [1.807, 2.05) is 19.1 Å². The zero-order valence-electron chi connectivity index (χ0n) is 13.0. The summed E-state index contributed by atoms with van der Waals surface area (Å²) in [6.45, 7) is 1.96. The zero-order chi connectivity index (χ0) is 16.9. The number of ketones is 1. The fraction of sp³-hybridized carbons (Fsp3) is 0.188. The van der Waals surface area contributed by atoms with E-state index in [0.29, 0.717) is 22.5 Å². The molecule has 0 fully saturated rings. The first-order valence-electron chi connectivity index (χ1n) is 7.42. The van der Waals surface area contributed by atoms with Gasteiger partial charge in [0.2, 0.25) is 5.91 Å². The number of carbonyl (C=O) groups is 2. The Hall–Kier alpha value is -3.29. The Morgan fingerprint density at radius 3 is 2.67 bits per heavy atom. The van der Waals surface area contributed by atoms with Gasteiger partial charge >= 0.3 is 0 Å². The minimum absolute atomic E-state index is 0.0665. The molecule has 0 saturated heterocycles. The number of carbonyl (C=O) groups excluding carboxylic acids is 2. The number of nitrogens with one attached hydrogen (secondary N) is 3. The minimum Gasteiger partial charge on any atom is -0.340 e. The average molecular weight is 324 g/mol. The van der Waals surface area contributed by atoms with Crippen LogP contribution in [-0.2, 0) is 4.79 Å². The number of hydrogen-bond donors (Lipinski definition) is 3. The molecule has 8 nitrogen and oxygen atoms in total. The van der Waals surface area contributed by atoms with Gasteiger partial charge < -0.3 is 4.98 Å². The number of H-pyrrole nitrogens is 1. The summed E-state index contributed by atoms with van der Waals surface area (Å²) < 4.78 is 0. The van der Waals surface area contributed by atoms with E-state index in [2.05, 4.69) is 30.8 Å². The third kappa shape index (κ3) is 3.54. The predicted molar refractivity (Wildman–Crippen MR) is 88.2 cm³/mol. The number of aromatic amines is 1. The number of amides is 1. The summed E-state index contributed by atoms with van der Waals surface area (Å²) in [5.41, 5.74) is 8.01. The van der Waals surface area contributed by atoms with Crippen molar-refractivity contribution in [3.63, 3.8) is 0 Å². The maximum atomic E-state index is 12.0. The SMILES string of the molecule is Cc1ccc(C(=O)CCC(=O)NNc2ncnc3nc[nH]c23)cc1. The van der Waals surface area contributed by atoms with Crippen LogP contribution in [0, 0.1) is 6.92 Å². The number of imidazole rings is 1. The molecule has 3 rings (SSSR count). The third-order valence-electron chi connectivity index (χ3n) is 3.50. The topological polar surface area (TPSA) is 113 Å². The Kier molecular flexibility index (Phi) is 4.46. The molecule has 24 heavy (non-hydrogen) atoms. The van der Waals surface area contributed by atoms with E-state index in [-0.39, 0.29) is 24.5 Å². The first-order chi connectivity index (χ1) is 11.6. The van der Waals surface area contributed by atoms with Gasteiger partial charge in [-0.05, 0) is 6.92 Å². The second-order valence-electron chi connectivity index (χ2n) is 5.29. The maximum Gasteiger partial charge on any atom is 0.238 e. The number of anilines is 1. The highest BCUT2D eigenvalue weighted by atomic mass is 16.2. The summed E-state index contributed by atoms with van der Waals surface area (Å²) >= 11 is 0. The van der Waals surface area contributed by atoms with Gasteiger partial charge in [-0.15, -0.1) is 0 Å². The van der Waals surface area contributed by atoms with Crippen molar-refractivity contribution in [2.45, 2.75) is 19.8 Å². The molecular formula is C16H16N6O2. The van der Waals surface area contributed by atoms with Crippen LogP contribution in [-0.4, -0.2) is 31.6 Å². The van der Waals surface area contributed by atoms with E-state index in [9.17, 15) is 9.59 Å². The quantitative estimate of drug-likeness (QED) is 0.470. The standard InChI is InChI=1S/C16H16N6O2/c1-10-2-4-11(5-3-10)12(23)6-7-13(24)21-22-16-14-15(18-8-17-14)19-9-20-16/h2-5,8-9H,6-7H2,1H3,(H,21,24)(H2,17,18,19,20,22). The number of nitrogens with zero attached hydrogens (tertiary/aromatic N) is 3. The van der Waals surface area contributed by atoms with Crippen LogP contribution in [0.3, 0.4) is 0 Å². The van der Waals surface area contributed by atoms with Crippen LogP contribution in [0.1, 0.15) is 28.8 Å². The van der Waals surface area contributed by atoms with Crippen molar-refractivity contribution in [1.29, 1.82) is 0 Å². The van der Waals surface area contributed by atoms with Crippen LogP contribution in [0.2, 0.25) is 0 Å². The predicted octanol–water partition coefficient (Wildman–Crippen LogP) is 1.77. The third-order valence-corrected chi connectivity index (χ3v) is 3.50. The summed E-state index contributed by atoms with van der Waals surface area (Å²) in [6.07, 6.45) is 3.06. The lowest BCUT2D eigenvalue weighted by molar-refractivity contribution is -0.120. The lowest BCUT2D eigenvalue weighted by Crippen LogP contribution is -2.30. The van der Waals surface area contributed by atoms with Crippen molar-refractivity contribution in [1.82, 2.24) is 25.4 Å². The number of hydrogen-bond acceptors (Lipinski definition) is 6. The van der Waals surface area contributed by atoms with Crippen molar-refractivity contribution in [2.24, 2.45) is 0 Å². The van der Waals surface area contributed by atoms with Gasteiger partial charge in [-0.1, -0.05) is 29.8 Å². The summed E-state index contributed by atoms with van der Waals surface area (Å²) in [7, 11) is 0. The summed E-state index contributed by atoms with van der Waals surface area (Å²) in [5.74, 6) is 0.0422. The molecule has 2 heterocycles. The van der Waals surface area contributed by atoms with Gasteiger partial charge in [0.25, 0.3) is 0 Å². The summed E-state index contributed by atoms with van der Waals surface area (Å²) in [5, 5.41) is 0. The molecule has 8 heteroatoms. The number of aromatic nitrogens is 4. The zero-order valence-corrected chi connectivity index (χ0v) is 13.0. The van der Waals surface area contributed by atoms with Gasteiger partial charge in [0.05, 0.1) is 6.33 Å². The van der Waals surface area contributed by atoms with Crippen molar-refractivity contribution in [3.05, 3.63) is 48.0 Å². The summed E-state index contributed by atoms with van der Waals surface area (Å²) in [4.78, 5) is 38.8. The van der Waals surface area contributed by atoms with E-state index in [4.69, 9.17) is 0 Å².